The van der Waals surface area contributed by atoms with Crippen molar-refractivity contribution in [1.82, 2.24) is 14.9 Å². The van der Waals surface area contributed by atoms with Crippen LogP contribution in [0.1, 0.15) is 59.6 Å². The Kier molecular flexibility index (Phi) is 6.22. The molecule has 1 aliphatic rings. The van der Waals surface area contributed by atoms with Gasteiger partial charge in [-0.25, -0.2) is 9.78 Å². The lowest BCUT2D eigenvalue weighted by Crippen LogP contribution is -2.14. The summed E-state index contributed by atoms with van der Waals surface area (Å²) in [7, 11) is 0. The number of nitrogens with zero attached hydrogens (tertiary/aromatic N) is 2. The zero-order valence-electron chi connectivity index (χ0n) is 18.7. The summed E-state index contributed by atoms with van der Waals surface area (Å²) in [4.78, 5) is 16.4. The molecule has 1 aliphatic carbocycles. The van der Waals surface area contributed by atoms with Gasteiger partial charge < -0.3 is 15.0 Å². The zero-order valence-corrected chi connectivity index (χ0v) is 18.7. The molecule has 1 saturated carbocycles. The van der Waals surface area contributed by atoms with Gasteiger partial charge in [-0.05, 0) is 42.2 Å². The van der Waals surface area contributed by atoms with E-state index in [9.17, 15) is 9.90 Å². The van der Waals surface area contributed by atoms with Crippen LogP contribution in [-0.2, 0) is 13.1 Å². The quantitative estimate of drug-likeness (QED) is 0.360. The van der Waals surface area contributed by atoms with Crippen molar-refractivity contribution >= 4 is 17.0 Å². The van der Waals surface area contributed by atoms with Gasteiger partial charge in [-0.1, -0.05) is 73.9 Å². The van der Waals surface area contributed by atoms with Crippen LogP contribution in [0.15, 0.2) is 72.8 Å². The van der Waals surface area contributed by atoms with E-state index in [0.29, 0.717) is 6.04 Å². The summed E-state index contributed by atoms with van der Waals surface area (Å²) in [6.45, 7) is 1.64. The topological polar surface area (TPSA) is 67.2 Å². The first-order valence-electron chi connectivity index (χ1n) is 11.8. The van der Waals surface area contributed by atoms with Gasteiger partial charge in [0.2, 0.25) is 0 Å². The average molecular weight is 440 g/mol. The van der Waals surface area contributed by atoms with Gasteiger partial charge in [0.15, 0.2) is 0 Å². The highest BCUT2D eigenvalue weighted by Crippen LogP contribution is 2.36. The highest BCUT2D eigenvalue weighted by molar-refractivity contribution is 5.93. The summed E-state index contributed by atoms with van der Waals surface area (Å²) in [5.41, 5.74) is 5.63. The second-order valence-corrected chi connectivity index (χ2v) is 8.89. The molecular weight excluding hydrogens is 410 g/mol. The molecule has 0 radical (unpaired) electrons. The Morgan fingerprint density at radius 3 is 2.30 bits per heavy atom. The van der Waals surface area contributed by atoms with Gasteiger partial charge in [-0.3, -0.25) is 0 Å². The molecule has 5 heteroatoms. The Morgan fingerprint density at radius 1 is 0.909 bits per heavy atom. The fraction of sp³-hybridized carbons (Fsp3) is 0.286. The van der Waals surface area contributed by atoms with E-state index < -0.39 is 5.97 Å². The third-order valence-electron chi connectivity index (χ3n) is 6.59. The van der Waals surface area contributed by atoms with Crippen molar-refractivity contribution in [2.24, 2.45) is 0 Å². The summed E-state index contributed by atoms with van der Waals surface area (Å²) in [5.74, 6) is 0.0151. The Hall–Kier alpha value is -3.44. The van der Waals surface area contributed by atoms with Crippen LogP contribution in [0.25, 0.3) is 22.4 Å². The molecule has 3 aromatic carbocycles. The SMILES string of the molecule is O=C(O)c1ccc2c(c1)nc(-c1ccc(CNCc3ccccc3)cc1)n2C1CCCCC1. The Labute approximate surface area is 194 Å². The maximum absolute atomic E-state index is 11.5. The monoisotopic (exact) mass is 439 g/mol. The van der Waals surface area contributed by atoms with Crippen molar-refractivity contribution in [1.29, 1.82) is 0 Å². The van der Waals surface area contributed by atoms with Crippen LogP contribution >= 0.6 is 0 Å². The summed E-state index contributed by atoms with van der Waals surface area (Å²) in [5, 5.41) is 12.9. The number of carbonyl (C=O) groups is 1. The lowest BCUT2D eigenvalue weighted by molar-refractivity contribution is 0.0697. The molecule has 1 fully saturated rings. The van der Waals surface area contributed by atoms with E-state index in [1.807, 2.05) is 12.1 Å². The van der Waals surface area contributed by atoms with Gasteiger partial charge in [0.05, 0.1) is 16.6 Å². The number of aromatic carboxylic acids is 1. The molecule has 0 spiro atoms. The van der Waals surface area contributed by atoms with E-state index in [2.05, 4.69) is 58.4 Å². The number of benzene rings is 3. The number of aromatic nitrogens is 2. The smallest absolute Gasteiger partial charge is 0.335 e. The third-order valence-corrected chi connectivity index (χ3v) is 6.59. The van der Waals surface area contributed by atoms with Crippen molar-refractivity contribution in [2.75, 3.05) is 0 Å². The third kappa shape index (κ3) is 4.69. The minimum Gasteiger partial charge on any atom is -0.478 e. The van der Waals surface area contributed by atoms with Crippen LogP contribution in [0, 0.1) is 0 Å². The van der Waals surface area contributed by atoms with Crippen molar-refractivity contribution in [3.63, 3.8) is 0 Å². The van der Waals surface area contributed by atoms with Crippen LogP contribution in [0.2, 0.25) is 0 Å². The first-order chi connectivity index (χ1) is 16.2. The number of hydrogen-bond acceptors (Lipinski definition) is 3. The van der Waals surface area contributed by atoms with E-state index in [4.69, 9.17) is 4.98 Å². The molecule has 0 unspecified atom stereocenters. The predicted molar refractivity (Wildman–Crippen MR) is 131 cm³/mol. The van der Waals surface area contributed by atoms with E-state index in [-0.39, 0.29) is 5.56 Å². The Morgan fingerprint density at radius 2 is 1.61 bits per heavy atom. The van der Waals surface area contributed by atoms with Crippen LogP contribution in [0.4, 0.5) is 0 Å². The number of nitrogens with one attached hydrogen (secondary N) is 1. The average Bonchev–Trinajstić information content (AvgIpc) is 3.24. The Bertz CT molecular complexity index is 1240. The van der Waals surface area contributed by atoms with Crippen LogP contribution in [-0.4, -0.2) is 20.6 Å². The fourth-order valence-corrected chi connectivity index (χ4v) is 4.86. The second kappa shape index (κ2) is 9.59. The first kappa shape index (κ1) is 21.4. The van der Waals surface area contributed by atoms with Gasteiger partial charge in [0.25, 0.3) is 0 Å². The van der Waals surface area contributed by atoms with Crippen LogP contribution < -0.4 is 5.32 Å². The molecule has 0 bridgehead atoms. The number of fused-ring (bicyclic) bond motifs is 1. The predicted octanol–water partition coefficient (Wildman–Crippen LogP) is 6.20. The van der Waals surface area contributed by atoms with E-state index >= 15 is 0 Å². The lowest BCUT2D eigenvalue weighted by Gasteiger charge is -2.25. The van der Waals surface area contributed by atoms with Gasteiger partial charge in [0.1, 0.15) is 5.82 Å². The molecule has 0 saturated heterocycles. The van der Waals surface area contributed by atoms with Crippen LogP contribution in [0.5, 0.6) is 0 Å². The number of carboxylic acid groups (broad SMARTS) is 1. The molecule has 1 heterocycles. The maximum atomic E-state index is 11.5. The number of rotatable bonds is 7. The highest BCUT2D eigenvalue weighted by Gasteiger charge is 2.23. The number of hydrogen-bond donors (Lipinski definition) is 2. The van der Waals surface area contributed by atoms with Gasteiger partial charge in [0, 0.05) is 24.7 Å². The van der Waals surface area contributed by atoms with Crippen molar-refractivity contribution in [3.8, 4) is 11.4 Å². The van der Waals surface area contributed by atoms with Gasteiger partial charge >= 0.3 is 5.97 Å². The fourth-order valence-electron chi connectivity index (χ4n) is 4.86. The standard InChI is InChI=1S/C28H29N3O2/c32-28(33)23-15-16-26-25(17-23)30-27(31(26)24-9-5-2-6-10-24)22-13-11-21(12-14-22)19-29-18-20-7-3-1-4-8-20/h1,3-4,7-8,11-17,24,29H,2,5-6,9-10,18-19H2,(H,32,33). The zero-order chi connectivity index (χ0) is 22.6. The highest BCUT2D eigenvalue weighted by atomic mass is 16.4. The maximum Gasteiger partial charge on any atom is 0.335 e. The largest absolute Gasteiger partial charge is 0.478 e. The molecule has 5 nitrogen and oxygen atoms in total. The first-order valence-corrected chi connectivity index (χ1v) is 11.8. The van der Waals surface area contributed by atoms with E-state index in [0.717, 1.165) is 48.4 Å². The minimum atomic E-state index is -0.918. The Balaban J connectivity index is 1.42. The molecule has 1 aromatic heterocycles. The molecular formula is C28H29N3O2. The summed E-state index contributed by atoms with van der Waals surface area (Å²) in [6.07, 6.45) is 6.01. The van der Waals surface area contributed by atoms with E-state index in [1.165, 1.54) is 30.4 Å². The van der Waals surface area contributed by atoms with Crippen molar-refractivity contribution in [2.45, 2.75) is 51.2 Å². The van der Waals surface area contributed by atoms with Gasteiger partial charge in [-0.2, -0.15) is 0 Å². The number of imidazole rings is 1. The second-order valence-electron chi connectivity index (χ2n) is 8.89. The van der Waals surface area contributed by atoms with Crippen LogP contribution in [0.3, 0.4) is 0 Å². The molecule has 4 aromatic rings. The normalized spacial score (nSPS) is 14.5. The summed E-state index contributed by atoms with van der Waals surface area (Å²) in [6, 6.07) is 24.7. The van der Waals surface area contributed by atoms with Gasteiger partial charge in [-0.15, -0.1) is 0 Å². The van der Waals surface area contributed by atoms with Crippen molar-refractivity contribution < 1.29 is 9.90 Å². The number of carboxylic acids is 1. The summed E-state index contributed by atoms with van der Waals surface area (Å²) >= 11 is 0. The molecule has 5 rings (SSSR count). The molecule has 0 amide bonds. The molecule has 0 atom stereocenters. The summed E-state index contributed by atoms with van der Waals surface area (Å²) < 4.78 is 2.35. The van der Waals surface area contributed by atoms with Crippen molar-refractivity contribution in [3.05, 3.63) is 89.5 Å². The molecule has 2 N–H and O–H groups in total. The van der Waals surface area contributed by atoms with E-state index in [1.54, 1.807) is 12.1 Å². The molecule has 168 valence electrons. The molecule has 33 heavy (non-hydrogen) atoms. The lowest BCUT2D eigenvalue weighted by atomic mass is 9.94. The minimum absolute atomic E-state index is 0.280. The molecule has 0 aliphatic heterocycles.